The van der Waals surface area contributed by atoms with Crippen molar-refractivity contribution < 1.29 is 8.42 Å². The number of rotatable bonds is 4. The van der Waals surface area contributed by atoms with Crippen molar-refractivity contribution in [2.75, 3.05) is 13.6 Å². The number of nitrogens with zero attached hydrogens (tertiary/aromatic N) is 2. The van der Waals surface area contributed by atoms with E-state index < -0.39 is 10.0 Å². The van der Waals surface area contributed by atoms with Gasteiger partial charge in [-0.1, -0.05) is 15.9 Å². The molecule has 0 N–H and O–H groups in total. The molecule has 0 heterocycles. The molecule has 1 rings (SSSR count). The normalized spacial score (nSPS) is 13.3. The van der Waals surface area contributed by atoms with Crippen molar-refractivity contribution in [3.63, 3.8) is 0 Å². The first kappa shape index (κ1) is 15.2. The van der Waals surface area contributed by atoms with E-state index in [2.05, 4.69) is 15.9 Å². The van der Waals surface area contributed by atoms with Gasteiger partial charge in [0, 0.05) is 18.1 Å². The van der Waals surface area contributed by atoms with Crippen molar-refractivity contribution in [1.82, 2.24) is 4.31 Å². The number of sulfonamides is 1. The van der Waals surface area contributed by atoms with E-state index in [1.54, 1.807) is 25.1 Å². The molecule has 0 amide bonds. The van der Waals surface area contributed by atoms with Crippen LogP contribution in [0.4, 0.5) is 0 Å². The summed E-state index contributed by atoms with van der Waals surface area (Å²) in [5.74, 6) is -0.332. The molecule has 0 bridgehead atoms. The summed E-state index contributed by atoms with van der Waals surface area (Å²) in [4.78, 5) is 0.246. The van der Waals surface area contributed by atoms with Crippen molar-refractivity contribution in [3.05, 3.63) is 28.2 Å². The predicted molar refractivity (Wildman–Crippen MR) is 73.5 cm³/mol. The molecule has 0 saturated heterocycles. The molecule has 6 heteroatoms. The summed E-state index contributed by atoms with van der Waals surface area (Å²) in [5, 5.41) is 8.72. The van der Waals surface area contributed by atoms with Gasteiger partial charge in [0.25, 0.3) is 0 Å². The fraction of sp³-hybridized carbons (Fsp3) is 0.417. The molecular weight excluding hydrogens is 316 g/mol. The molecule has 1 unspecified atom stereocenters. The van der Waals surface area contributed by atoms with Crippen LogP contribution in [0.1, 0.15) is 12.5 Å². The maximum Gasteiger partial charge on any atom is 0.242 e. The fourth-order valence-electron chi connectivity index (χ4n) is 1.48. The van der Waals surface area contributed by atoms with Gasteiger partial charge >= 0.3 is 0 Å². The molecule has 0 fully saturated rings. The third-order valence-corrected chi connectivity index (χ3v) is 5.30. The van der Waals surface area contributed by atoms with Crippen LogP contribution in [-0.4, -0.2) is 26.3 Å². The van der Waals surface area contributed by atoms with Gasteiger partial charge in [0.05, 0.1) is 16.9 Å². The topological polar surface area (TPSA) is 61.2 Å². The number of benzene rings is 1. The van der Waals surface area contributed by atoms with E-state index in [0.29, 0.717) is 0 Å². The minimum absolute atomic E-state index is 0.188. The van der Waals surface area contributed by atoms with E-state index in [1.807, 2.05) is 13.0 Å². The second kappa shape index (κ2) is 5.83. The van der Waals surface area contributed by atoms with Crippen molar-refractivity contribution in [2.24, 2.45) is 5.92 Å². The Kier molecular flexibility index (Phi) is 4.91. The molecule has 1 aromatic rings. The maximum atomic E-state index is 12.2. The van der Waals surface area contributed by atoms with Gasteiger partial charge in [-0.3, -0.25) is 0 Å². The van der Waals surface area contributed by atoms with E-state index >= 15 is 0 Å². The van der Waals surface area contributed by atoms with Gasteiger partial charge in [0.2, 0.25) is 10.0 Å². The number of hydrogen-bond acceptors (Lipinski definition) is 3. The Morgan fingerprint density at radius 3 is 2.61 bits per heavy atom. The quantitative estimate of drug-likeness (QED) is 0.852. The average molecular weight is 331 g/mol. The zero-order chi connectivity index (χ0) is 13.9. The third kappa shape index (κ3) is 3.31. The summed E-state index contributed by atoms with van der Waals surface area (Å²) in [7, 11) is -2.04. The van der Waals surface area contributed by atoms with Crippen LogP contribution in [0.3, 0.4) is 0 Å². The highest BCUT2D eigenvalue weighted by Gasteiger charge is 2.22. The molecule has 4 nitrogen and oxygen atoms in total. The first-order valence-corrected chi connectivity index (χ1v) is 7.64. The maximum absolute atomic E-state index is 12.2. The molecule has 0 spiro atoms. The van der Waals surface area contributed by atoms with E-state index in [-0.39, 0.29) is 17.4 Å². The lowest BCUT2D eigenvalue weighted by atomic mass is 10.2. The van der Waals surface area contributed by atoms with Crippen LogP contribution >= 0.6 is 15.9 Å². The Balaban J connectivity index is 3.06. The fourth-order valence-corrected chi connectivity index (χ4v) is 3.07. The molecule has 18 heavy (non-hydrogen) atoms. The Labute approximate surface area is 116 Å². The molecule has 0 aliphatic heterocycles. The highest BCUT2D eigenvalue weighted by atomic mass is 79.9. The van der Waals surface area contributed by atoms with E-state index in [9.17, 15) is 8.42 Å². The lowest BCUT2D eigenvalue weighted by molar-refractivity contribution is 0.439. The van der Waals surface area contributed by atoms with Gasteiger partial charge in [0.1, 0.15) is 0 Å². The summed E-state index contributed by atoms with van der Waals surface area (Å²) in [6.45, 7) is 3.72. The Morgan fingerprint density at radius 2 is 2.11 bits per heavy atom. The summed E-state index contributed by atoms with van der Waals surface area (Å²) in [6, 6.07) is 6.91. The molecule has 98 valence electrons. The van der Waals surface area contributed by atoms with Gasteiger partial charge in [-0.2, -0.15) is 9.57 Å². The van der Waals surface area contributed by atoms with E-state index in [0.717, 1.165) is 10.0 Å². The lowest BCUT2D eigenvalue weighted by Gasteiger charge is -2.18. The van der Waals surface area contributed by atoms with Crippen LogP contribution in [-0.2, 0) is 10.0 Å². The molecular formula is C12H15BrN2O2S. The van der Waals surface area contributed by atoms with Crippen molar-refractivity contribution in [2.45, 2.75) is 18.7 Å². The van der Waals surface area contributed by atoms with Crippen molar-refractivity contribution in [3.8, 4) is 6.07 Å². The van der Waals surface area contributed by atoms with Gasteiger partial charge in [-0.15, -0.1) is 0 Å². The smallest absolute Gasteiger partial charge is 0.207 e. The molecule has 1 atom stereocenters. The Bertz CT molecular complexity index is 578. The van der Waals surface area contributed by atoms with E-state index in [4.69, 9.17) is 5.26 Å². The summed E-state index contributed by atoms with van der Waals surface area (Å²) in [5.41, 5.74) is 0.859. The van der Waals surface area contributed by atoms with Crippen LogP contribution in [0.5, 0.6) is 0 Å². The number of halogens is 1. The van der Waals surface area contributed by atoms with Gasteiger partial charge < -0.3 is 0 Å². The summed E-state index contributed by atoms with van der Waals surface area (Å²) < 4.78 is 26.6. The van der Waals surface area contributed by atoms with Gasteiger partial charge in [-0.05, 0) is 37.6 Å². The minimum atomic E-state index is -3.52. The average Bonchev–Trinajstić information content (AvgIpc) is 2.32. The third-order valence-electron chi connectivity index (χ3n) is 2.59. The van der Waals surface area contributed by atoms with Crippen LogP contribution in [0, 0.1) is 24.2 Å². The Morgan fingerprint density at radius 1 is 1.50 bits per heavy atom. The zero-order valence-electron chi connectivity index (χ0n) is 10.5. The largest absolute Gasteiger partial charge is 0.242 e. The van der Waals surface area contributed by atoms with Crippen molar-refractivity contribution >= 4 is 26.0 Å². The molecule has 0 aliphatic carbocycles. The van der Waals surface area contributed by atoms with Gasteiger partial charge in [-0.25, -0.2) is 8.42 Å². The van der Waals surface area contributed by atoms with Gasteiger partial charge in [0.15, 0.2) is 0 Å². The molecule has 1 aromatic carbocycles. The zero-order valence-corrected chi connectivity index (χ0v) is 12.9. The lowest BCUT2D eigenvalue weighted by Crippen LogP contribution is -2.30. The highest BCUT2D eigenvalue weighted by molar-refractivity contribution is 9.10. The van der Waals surface area contributed by atoms with Crippen LogP contribution < -0.4 is 0 Å². The van der Waals surface area contributed by atoms with Crippen LogP contribution in [0.25, 0.3) is 0 Å². The number of hydrogen-bond donors (Lipinski definition) is 0. The standard InChI is InChI=1S/C12H15BrN2O2S/c1-9(7-14)8-15(3)18(16,17)11-4-5-12(13)10(2)6-11/h4-6,9H,8H2,1-3H3. The highest BCUT2D eigenvalue weighted by Crippen LogP contribution is 2.22. The summed E-state index contributed by atoms with van der Waals surface area (Å²) >= 11 is 3.33. The molecule has 0 radical (unpaired) electrons. The first-order chi connectivity index (χ1) is 8.28. The van der Waals surface area contributed by atoms with E-state index in [1.165, 1.54) is 11.4 Å². The predicted octanol–water partition coefficient (Wildman–Crippen LogP) is 2.54. The Hall–Kier alpha value is -0.900. The minimum Gasteiger partial charge on any atom is -0.207 e. The monoisotopic (exact) mass is 330 g/mol. The molecule has 0 aliphatic rings. The van der Waals surface area contributed by atoms with Crippen LogP contribution in [0.15, 0.2) is 27.6 Å². The number of aryl methyl sites for hydroxylation is 1. The summed E-state index contributed by atoms with van der Waals surface area (Å²) in [6.07, 6.45) is 0. The second-order valence-electron chi connectivity index (χ2n) is 4.23. The molecule has 0 aromatic heterocycles. The number of nitriles is 1. The first-order valence-electron chi connectivity index (χ1n) is 5.41. The van der Waals surface area contributed by atoms with Crippen LogP contribution in [0.2, 0.25) is 0 Å². The SMILES string of the molecule is Cc1cc(S(=O)(=O)N(C)CC(C)C#N)ccc1Br. The van der Waals surface area contributed by atoms with Crippen molar-refractivity contribution in [1.29, 1.82) is 5.26 Å². The molecule has 0 saturated carbocycles. The second-order valence-corrected chi connectivity index (χ2v) is 7.13.